The molecule has 0 saturated heterocycles. The van der Waals surface area contributed by atoms with Crippen molar-refractivity contribution >= 4 is 0 Å². The first kappa shape index (κ1) is 13.7. The lowest BCUT2D eigenvalue weighted by atomic mass is 9.94. The summed E-state index contributed by atoms with van der Waals surface area (Å²) in [5.74, 6) is 5.46. The molecule has 0 aliphatic heterocycles. The Balaban J connectivity index is 2.25. The van der Waals surface area contributed by atoms with Crippen LogP contribution < -0.4 is 11.3 Å². The van der Waals surface area contributed by atoms with Crippen LogP contribution >= 0.6 is 0 Å². The largest absolute Gasteiger partial charge is 0.271 e. The molecule has 0 aliphatic carbocycles. The first-order valence-corrected chi connectivity index (χ1v) is 6.53. The fraction of sp³-hybridized carbons (Fsp3) is 0.250. The molecule has 2 rings (SSSR count). The van der Waals surface area contributed by atoms with Gasteiger partial charge in [0.25, 0.3) is 0 Å². The van der Waals surface area contributed by atoms with Crippen LogP contribution in [0.5, 0.6) is 0 Å². The standard InChI is InChI=1S/C16H19FN2/c1-2-13-7-3-4-9-15(13)16(19-18)11-12-6-5-8-14(17)10-12/h3-10,16,19H,2,11,18H2,1H3. The molecule has 2 aromatic carbocycles. The van der Waals surface area contributed by atoms with Gasteiger partial charge in [-0.3, -0.25) is 11.3 Å². The van der Waals surface area contributed by atoms with Crippen LogP contribution in [0, 0.1) is 5.82 Å². The van der Waals surface area contributed by atoms with Gasteiger partial charge in [-0.2, -0.15) is 0 Å². The van der Waals surface area contributed by atoms with Gasteiger partial charge in [-0.1, -0.05) is 43.3 Å². The molecule has 0 aromatic heterocycles. The first-order chi connectivity index (χ1) is 9.24. The number of hydrogen-bond acceptors (Lipinski definition) is 2. The minimum atomic E-state index is -0.211. The maximum absolute atomic E-state index is 13.2. The van der Waals surface area contributed by atoms with Crippen LogP contribution in [0.2, 0.25) is 0 Å². The summed E-state index contributed by atoms with van der Waals surface area (Å²) in [4.78, 5) is 0. The Morgan fingerprint density at radius 2 is 1.95 bits per heavy atom. The van der Waals surface area contributed by atoms with Crippen molar-refractivity contribution in [2.75, 3.05) is 0 Å². The summed E-state index contributed by atoms with van der Waals surface area (Å²) < 4.78 is 13.2. The Morgan fingerprint density at radius 3 is 2.63 bits per heavy atom. The minimum Gasteiger partial charge on any atom is -0.271 e. The van der Waals surface area contributed by atoms with E-state index in [0.717, 1.165) is 12.0 Å². The maximum atomic E-state index is 13.2. The van der Waals surface area contributed by atoms with E-state index in [9.17, 15) is 4.39 Å². The molecule has 0 fully saturated rings. The van der Waals surface area contributed by atoms with Gasteiger partial charge in [0.05, 0.1) is 6.04 Å². The fourth-order valence-electron chi connectivity index (χ4n) is 2.35. The second-order valence-corrected chi connectivity index (χ2v) is 4.61. The smallest absolute Gasteiger partial charge is 0.123 e. The normalized spacial score (nSPS) is 12.4. The average Bonchev–Trinajstić information content (AvgIpc) is 2.45. The molecule has 3 N–H and O–H groups in total. The predicted octanol–water partition coefficient (Wildman–Crippen LogP) is 3.14. The molecular weight excluding hydrogens is 239 g/mol. The molecule has 2 aromatic rings. The summed E-state index contributed by atoms with van der Waals surface area (Å²) in [5.41, 5.74) is 6.22. The van der Waals surface area contributed by atoms with E-state index in [1.807, 2.05) is 18.2 Å². The molecule has 0 amide bonds. The SMILES string of the molecule is CCc1ccccc1C(Cc1cccc(F)c1)NN. The number of nitrogens with one attached hydrogen (secondary N) is 1. The Morgan fingerprint density at radius 1 is 1.16 bits per heavy atom. The highest BCUT2D eigenvalue weighted by atomic mass is 19.1. The highest BCUT2D eigenvalue weighted by Gasteiger charge is 2.13. The van der Waals surface area contributed by atoms with Crippen molar-refractivity contribution in [1.82, 2.24) is 5.43 Å². The first-order valence-electron chi connectivity index (χ1n) is 6.53. The fourth-order valence-corrected chi connectivity index (χ4v) is 2.35. The van der Waals surface area contributed by atoms with Crippen LogP contribution in [0.25, 0.3) is 0 Å². The molecule has 0 saturated carbocycles. The monoisotopic (exact) mass is 258 g/mol. The molecule has 0 heterocycles. The topological polar surface area (TPSA) is 38.0 Å². The Bertz CT molecular complexity index is 540. The predicted molar refractivity (Wildman–Crippen MR) is 76.0 cm³/mol. The quantitative estimate of drug-likeness (QED) is 0.638. The molecule has 19 heavy (non-hydrogen) atoms. The summed E-state index contributed by atoms with van der Waals surface area (Å²) in [7, 11) is 0. The number of benzene rings is 2. The third kappa shape index (κ3) is 3.40. The third-order valence-electron chi connectivity index (χ3n) is 3.34. The second kappa shape index (κ2) is 6.45. The van der Waals surface area contributed by atoms with Crippen molar-refractivity contribution in [3.63, 3.8) is 0 Å². The highest BCUT2D eigenvalue weighted by Crippen LogP contribution is 2.22. The summed E-state index contributed by atoms with van der Waals surface area (Å²) in [5, 5.41) is 0. The number of nitrogens with two attached hydrogens (primary N) is 1. The van der Waals surface area contributed by atoms with E-state index in [0.29, 0.717) is 6.42 Å². The number of rotatable bonds is 5. The van der Waals surface area contributed by atoms with E-state index in [1.54, 1.807) is 12.1 Å². The molecular formula is C16H19FN2. The lowest BCUT2D eigenvalue weighted by Gasteiger charge is -2.19. The number of aryl methyl sites for hydroxylation is 1. The van der Waals surface area contributed by atoms with Gasteiger partial charge in [0.1, 0.15) is 5.82 Å². The van der Waals surface area contributed by atoms with E-state index >= 15 is 0 Å². The Kier molecular flexibility index (Phi) is 4.66. The van der Waals surface area contributed by atoms with E-state index in [1.165, 1.54) is 17.2 Å². The van der Waals surface area contributed by atoms with Gasteiger partial charge in [0, 0.05) is 0 Å². The molecule has 1 unspecified atom stereocenters. The number of hydrogen-bond donors (Lipinski definition) is 2. The zero-order valence-electron chi connectivity index (χ0n) is 11.1. The van der Waals surface area contributed by atoms with Crippen LogP contribution in [0.4, 0.5) is 4.39 Å². The zero-order valence-corrected chi connectivity index (χ0v) is 11.1. The van der Waals surface area contributed by atoms with E-state index < -0.39 is 0 Å². The van der Waals surface area contributed by atoms with Gasteiger partial charge in [-0.15, -0.1) is 0 Å². The lowest BCUT2D eigenvalue weighted by Crippen LogP contribution is -2.30. The van der Waals surface area contributed by atoms with E-state index in [4.69, 9.17) is 5.84 Å². The van der Waals surface area contributed by atoms with Gasteiger partial charge in [-0.05, 0) is 41.7 Å². The van der Waals surface area contributed by atoms with Crippen molar-refractivity contribution in [2.24, 2.45) is 5.84 Å². The second-order valence-electron chi connectivity index (χ2n) is 4.61. The molecule has 2 nitrogen and oxygen atoms in total. The number of halogens is 1. The molecule has 0 radical (unpaired) electrons. The van der Waals surface area contributed by atoms with Crippen molar-refractivity contribution in [3.05, 3.63) is 71.0 Å². The van der Waals surface area contributed by atoms with E-state index in [2.05, 4.69) is 24.5 Å². The Labute approximate surface area is 113 Å². The molecule has 3 heteroatoms. The maximum Gasteiger partial charge on any atom is 0.123 e. The third-order valence-corrected chi connectivity index (χ3v) is 3.34. The van der Waals surface area contributed by atoms with Crippen LogP contribution in [0.1, 0.15) is 29.7 Å². The molecule has 1 atom stereocenters. The summed E-state index contributed by atoms with van der Waals surface area (Å²) in [6.45, 7) is 2.12. The minimum absolute atomic E-state index is 0.00190. The van der Waals surface area contributed by atoms with Crippen LogP contribution in [-0.2, 0) is 12.8 Å². The summed E-state index contributed by atoms with van der Waals surface area (Å²) in [6.07, 6.45) is 1.63. The number of hydrazine groups is 1. The molecule has 100 valence electrons. The lowest BCUT2D eigenvalue weighted by molar-refractivity contribution is 0.544. The van der Waals surface area contributed by atoms with Crippen molar-refractivity contribution in [2.45, 2.75) is 25.8 Å². The van der Waals surface area contributed by atoms with Gasteiger partial charge in [0.15, 0.2) is 0 Å². The van der Waals surface area contributed by atoms with Gasteiger partial charge in [-0.25, -0.2) is 4.39 Å². The highest BCUT2D eigenvalue weighted by molar-refractivity contribution is 5.31. The molecule has 0 bridgehead atoms. The van der Waals surface area contributed by atoms with Crippen LogP contribution in [0.3, 0.4) is 0 Å². The Hall–Kier alpha value is -1.71. The van der Waals surface area contributed by atoms with Crippen LogP contribution in [-0.4, -0.2) is 0 Å². The van der Waals surface area contributed by atoms with Crippen molar-refractivity contribution in [3.8, 4) is 0 Å². The molecule has 0 spiro atoms. The van der Waals surface area contributed by atoms with Gasteiger partial charge in [0.2, 0.25) is 0 Å². The van der Waals surface area contributed by atoms with Gasteiger partial charge < -0.3 is 0 Å². The summed E-state index contributed by atoms with van der Waals surface area (Å²) in [6, 6.07) is 14.9. The van der Waals surface area contributed by atoms with E-state index in [-0.39, 0.29) is 11.9 Å². The van der Waals surface area contributed by atoms with Gasteiger partial charge >= 0.3 is 0 Å². The summed E-state index contributed by atoms with van der Waals surface area (Å²) >= 11 is 0. The zero-order chi connectivity index (χ0) is 13.7. The van der Waals surface area contributed by atoms with Crippen LogP contribution in [0.15, 0.2) is 48.5 Å². The van der Waals surface area contributed by atoms with Crippen molar-refractivity contribution < 1.29 is 4.39 Å². The molecule has 0 aliphatic rings. The average molecular weight is 258 g/mol. The van der Waals surface area contributed by atoms with Crippen molar-refractivity contribution in [1.29, 1.82) is 0 Å².